The average molecular weight is 323 g/mol. The fourth-order valence-corrected chi connectivity index (χ4v) is 1.80. The van der Waals surface area contributed by atoms with Gasteiger partial charge in [-0.15, -0.1) is 0 Å². The first-order valence-corrected chi connectivity index (χ1v) is 5.61. The maximum Gasteiger partial charge on any atom is 0.277 e. The van der Waals surface area contributed by atoms with E-state index in [0.717, 1.165) is 0 Å². The van der Waals surface area contributed by atoms with Crippen LogP contribution in [-0.4, -0.2) is 19.1 Å². The van der Waals surface area contributed by atoms with Gasteiger partial charge in [0.2, 0.25) is 0 Å². The van der Waals surface area contributed by atoms with E-state index in [4.69, 9.17) is 9.47 Å². The second kappa shape index (κ2) is 5.15. The topological polar surface area (TPSA) is 61.6 Å². The Hall–Kier alpha value is -1.05. The predicted molar refractivity (Wildman–Crippen MR) is 63.9 cm³/mol. The Balaban J connectivity index is 3.34. The number of alkyl halides is 1. The number of nitrogens with zero attached hydrogens (tertiary/aromatic N) is 1. The first-order chi connectivity index (χ1) is 7.13. The number of nitro benzene ring substituents is 1. The predicted octanol–water partition coefficient (Wildman–Crippen LogP) is 2.55. The number of hydrogen-bond donors (Lipinski definition) is 0. The molecule has 0 aliphatic heterocycles. The molecular weight excluding hydrogens is 313 g/mol. The van der Waals surface area contributed by atoms with Crippen LogP contribution in [0, 0.1) is 10.1 Å². The lowest BCUT2D eigenvalue weighted by molar-refractivity contribution is -0.385. The van der Waals surface area contributed by atoms with Gasteiger partial charge in [-0.05, 0) is 6.07 Å². The number of methoxy groups -OCH3 is 2. The van der Waals surface area contributed by atoms with Crippen molar-refractivity contribution in [1.29, 1.82) is 0 Å². The molecule has 0 N–H and O–H groups in total. The SMILES string of the molecule is COc1cc(CI)c([N+](=O)[O-])cc1OC. The summed E-state index contributed by atoms with van der Waals surface area (Å²) in [6.45, 7) is 0. The highest BCUT2D eigenvalue weighted by molar-refractivity contribution is 14.1. The van der Waals surface area contributed by atoms with Crippen LogP contribution in [0.5, 0.6) is 11.5 Å². The first-order valence-electron chi connectivity index (χ1n) is 4.09. The number of nitro groups is 1. The summed E-state index contributed by atoms with van der Waals surface area (Å²) >= 11 is 2.07. The second-order valence-electron chi connectivity index (χ2n) is 2.73. The quantitative estimate of drug-likeness (QED) is 0.370. The zero-order chi connectivity index (χ0) is 11.4. The van der Waals surface area contributed by atoms with Crippen LogP contribution in [0.3, 0.4) is 0 Å². The van der Waals surface area contributed by atoms with Gasteiger partial charge in [-0.25, -0.2) is 0 Å². The molecule has 6 heteroatoms. The molecule has 0 heterocycles. The van der Waals surface area contributed by atoms with Gasteiger partial charge in [-0.1, -0.05) is 22.6 Å². The van der Waals surface area contributed by atoms with Crippen molar-refractivity contribution >= 4 is 28.3 Å². The molecule has 0 saturated carbocycles. The molecule has 0 spiro atoms. The fourth-order valence-electron chi connectivity index (χ4n) is 1.19. The van der Waals surface area contributed by atoms with Gasteiger partial charge in [0.1, 0.15) is 0 Å². The van der Waals surface area contributed by atoms with Crippen molar-refractivity contribution in [3.05, 3.63) is 27.8 Å². The normalized spacial score (nSPS) is 9.80. The van der Waals surface area contributed by atoms with Crippen LogP contribution < -0.4 is 9.47 Å². The minimum absolute atomic E-state index is 0.0575. The molecule has 5 nitrogen and oxygen atoms in total. The molecule has 0 bridgehead atoms. The summed E-state index contributed by atoms with van der Waals surface area (Å²) in [5.74, 6) is 0.882. The minimum atomic E-state index is -0.421. The van der Waals surface area contributed by atoms with Crippen LogP contribution in [0.4, 0.5) is 5.69 Å². The molecule has 0 aromatic heterocycles. The average Bonchev–Trinajstić information content (AvgIpc) is 2.26. The fraction of sp³-hybridized carbons (Fsp3) is 0.333. The van der Waals surface area contributed by atoms with Gasteiger partial charge in [0, 0.05) is 9.99 Å². The first kappa shape index (κ1) is 12.0. The van der Waals surface area contributed by atoms with Gasteiger partial charge < -0.3 is 9.47 Å². The van der Waals surface area contributed by atoms with Crippen LogP contribution in [0.25, 0.3) is 0 Å². The minimum Gasteiger partial charge on any atom is -0.493 e. The van der Waals surface area contributed by atoms with Gasteiger partial charge >= 0.3 is 0 Å². The summed E-state index contributed by atoms with van der Waals surface area (Å²) in [7, 11) is 2.95. The van der Waals surface area contributed by atoms with E-state index in [2.05, 4.69) is 22.6 Å². The Morgan fingerprint density at radius 3 is 2.27 bits per heavy atom. The highest BCUT2D eigenvalue weighted by Gasteiger charge is 2.18. The highest BCUT2D eigenvalue weighted by atomic mass is 127. The molecule has 15 heavy (non-hydrogen) atoms. The lowest BCUT2D eigenvalue weighted by Gasteiger charge is -2.08. The van der Waals surface area contributed by atoms with E-state index in [1.54, 1.807) is 6.07 Å². The van der Waals surface area contributed by atoms with Crippen molar-refractivity contribution in [1.82, 2.24) is 0 Å². The maximum atomic E-state index is 10.8. The summed E-state index contributed by atoms with van der Waals surface area (Å²) in [5, 5.41) is 10.8. The lowest BCUT2D eigenvalue weighted by atomic mass is 10.2. The molecule has 0 atom stereocenters. The van der Waals surface area contributed by atoms with E-state index in [0.29, 0.717) is 21.5 Å². The van der Waals surface area contributed by atoms with Crippen LogP contribution in [0.2, 0.25) is 0 Å². The smallest absolute Gasteiger partial charge is 0.277 e. The number of benzene rings is 1. The summed E-state index contributed by atoms with van der Waals surface area (Å²) < 4.78 is 10.6. The molecule has 0 aliphatic carbocycles. The van der Waals surface area contributed by atoms with E-state index in [1.807, 2.05) is 0 Å². The van der Waals surface area contributed by atoms with E-state index in [-0.39, 0.29) is 5.69 Å². The van der Waals surface area contributed by atoms with Gasteiger partial charge in [-0.3, -0.25) is 10.1 Å². The second-order valence-corrected chi connectivity index (χ2v) is 3.49. The van der Waals surface area contributed by atoms with Crippen LogP contribution >= 0.6 is 22.6 Å². The summed E-state index contributed by atoms with van der Waals surface area (Å²) in [4.78, 5) is 10.3. The van der Waals surface area contributed by atoms with Crippen LogP contribution in [0.1, 0.15) is 5.56 Å². The number of rotatable bonds is 4. The Morgan fingerprint density at radius 2 is 1.87 bits per heavy atom. The molecule has 0 amide bonds. The largest absolute Gasteiger partial charge is 0.493 e. The molecule has 1 aromatic carbocycles. The van der Waals surface area contributed by atoms with Gasteiger partial charge in [-0.2, -0.15) is 0 Å². The third-order valence-electron chi connectivity index (χ3n) is 1.93. The van der Waals surface area contributed by atoms with Crippen molar-refractivity contribution in [3.63, 3.8) is 0 Å². The molecule has 82 valence electrons. The van der Waals surface area contributed by atoms with Crippen molar-refractivity contribution in [3.8, 4) is 11.5 Å². The molecular formula is C9H10INO4. The van der Waals surface area contributed by atoms with E-state index in [1.165, 1.54) is 20.3 Å². The molecule has 1 aromatic rings. The standard InChI is InChI=1S/C9H10INO4/c1-14-8-3-6(5-10)7(11(12)13)4-9(8)15-2/h3-4H,5H2,1-2H3. The monoisotopic (exact) mass is 323 g/mol. The van der Waals surface area contributed by atoms with Crippen molar-refractivity contribution < 1.29 is 14.4 Å². The summed E-state index contributed by atoms with van der Waals surface area (Å²) in [6.07, 6.45) is 0. The summed E-state index contributed by atoms with van der Waals surface area (Å²) in [6, 6.07) is 3.01. The van der Waals surface area contributed by atoms with E-state index >= 15 is 0 Å². The molecule has 1 rings (SSSR count). The van der Waals surface area contributed by atoms with Gasteiger partial charge in [0.25, 0.3) is 5.69 Å². The van der Waals surface area contributed by atoms with Crippen molar-refractivity contribution in [2.45, 2.75) is 4.43 Å². The third kappa shape index (κ3) is 2.49. The number of hydrogen-bond acceptors (Lipinski definition) is 4. The number of halogens is 1. The summed E-state index contributed by atoms with van der Waals surface area (Å²) in [5.41, 5.74) is 0.681. The Labute approximate surface area is 101 Å². The zero-order valence-corrected chi connectivity index (χ0v) is 10.5. The van der Waals surface area contributed by atoms with Gasteiger partial charge in [0.05, 0.1) is 25.2 Å². The highest BCUT2D eigenvalue weighted by Crippen LogP contribution is 2.35. The Kier molecular flexibility index (Phi) is 4.13. The molecule has 0 fully saturated rings. The van der Waals surface area contributed by atoms with Crippen molar-refractivity contribution in [2.24, 2.45) is 0 Å². The van der Waals surface area contributed by atoms with Gasteiger partial charge in [0.15, 0.2) is 11.5 Å². The zero-order valence-electron chi connectivity index (χ0n) is 8.32. The third-order valence-corrected chi connectivity index (χ3v) is 2.75. The lowest BCUT2D eigenvalue weighted by Crippen LogP contribution is -1.97. The number of ether oxygens (including phenoxy) is 2. The van der Waals surface area contributed by atoms with Crippen molar-refractivity contribution in [2.75, 3.05) is 14.2 Å². The van der Waals surface area contributed by atoms with E-state index in [9.17, 15) is 10.1 Å². The van der Waals surface area contributed by atoms with Crippen LogP contribution in [-0.2, 0) is 4.43 Å². The Morgan fingerprint density at radius 1 is 1.33 bits per heavy atom. The maximum absolute atomic E-state index is 10.8. The van der Waals surface area contributed by atoms with Crippen LogP contribution in [0.15, 0.2) is 12.1 Å². The van der Waals surface area contributed by atoms with E-state index < -0.39 is 4.92 Å². The molecule has 0 unspecified atom stereocenters. The molecule has 0 radical (unpaired) electrons. The molecule has 0 aliphatic rings. The molecule has 0 saturated heterocycles. The Bertz CT molecular complexity index is 381.